The number of nitrogens with one attached hydrogen (secondary N) is 3. The number of hydrogen-bond donors (Lipinski definition) is 3. The number of urea groups is 1. The second-order valence-electron chi connectivity index (χ2n) is 6.50. The maximum absolute atomic E-state index is 12.3. The third-order valence-corrected chi connectivity index (χ3v) is 4.75. The number of hydrogen-bond acceptors (Lipinski definition) is 4. The minimum atomic E-state index is -0.440. The Kier molecular flexibility index (Phi) is 5.33. The van der Waals surface area contributed by atoms with Crippen molar-refractivity contribution in [2.75, 3.05) is 19.6 Å². The van der Waals surface area contributed by atoms with Crippen molar-refractivity contribution in [3.05, 3.63) is 30.1 Å². The minimum Gasteiger partial charge on any atom is -0.342 e. The van der Waals surface area contributed by atoms with Crippen molar-refractivity contribution >= 4 is 23.0 Å². The van der Waals surface area contributed by atoms with Crippen LogP contribution in [-0.4, -0.2) is 52.5 Å². The summed E-state index contributed by atoms with van der Waals surface area (Å²) in [6.45, 7) is 5.75. The monoisotopic (exact) mass is 343 g/mol. The number of imidazole rings is 1. The van der Waals surface area contributed by atoms with E-state index in [0.717, 1.165) is 42.8 Å². The Morgan fingerprint density at radius 2 is 2.20 bits per heavy atom. The number of imide groups is 1. The fourth-order valence-electron chi connectivity index (χ4n) is 3.33. The number of likely N-dealkylation sites (tertiary alicyclic amines) is 1. The number of aromatic amines is 1. The summed E-state index contributed by atoms with van der Waals surface area (Å²) in [5.41, 5.74) is 2.01. The van der Waals surface area contributed by atoms with Crippen LogP contribution in [0.15, 0.2) is 24.3 Å². The number of para-hydroxylation sites is 2. The number of carbonyl (C=O) groups excluding carboxylic acids is 2. The van der Waals surface area contributed by atoms with E-state index in [0.29, 0.717) is 6.54 Å². The summed E-state index contributed by atoms with van der Waals surface area (Å²) >= 11 is 0. The summed E-state index contributed by atoms with van der Waals surface area (Å²) in [5.74, 6) is 0.972. The molecule has 134 valence electrons. The molecule has 1 aromatic carbocycles. The average molecular weight is 343 g/mol. The molecular weight excluding hydrogens is 318 g/mol. The van der Waals surface area contributed by atoms with Crippen LogP contribution in [-0.2, 0) is 4.79 Å². The molecule has 7 heteroatoms. The molecule has 1 aliphatic heterocycles. The molecule has 1 fully saturated rings. The van der Waals surface area contributed by atoms with Gasteiger partial charge in [0.2, 0.25) is 5.91 Å². The number of carbonyl (C=O) groups is 2. The Morgan fingerprint density at radius 1 is 1.40 bits per heavy atom. The zero-order valence-corrected chi connectivity index (χ0v) is 14.7. The highest BCUT2D eigenvalue weighted by Gasteiger charge is 2.30. The van der Waals surface area contributed by atoms with Crippen LogP contribution in [0.5, 0.6) is 0 Å². The summed E-state index contributed by atoms with van der Waals surface area (Å²) in [6, 6.07) is 7.20. The summed E-state index contributed by atoms with van der Waals surface area (Å²) < 4.78 is 0. The SMILES string of the molecule is CCNC(=O)NC(=O)C(C)N1CCCC(c2nc3ccccc3[nH]2)C1. The van der Waals surface area contributed by atoms with Crippen LogP contribution in [0, 0.1) is 0 Å². The van der Waals surface area contributed by atoms with Gasteiger partial charge < -0.3 is 10.3 Å². The maximum Gasteiger partial charge on any atom is 0.321 e. The first-order valence-corrected chi connectivity index (χ1v) is 8.86. The number of fused-ring (bicyclic) bond motifs is 1. The quantitative estimate of drug-likeness (QED) is 0.792. The zero-order chi connectivity index (χ0) is 17.8. The van der Waals surface area contributed by atoms with Crippen molar-refractivity contribution in [2.24, 2.45) is 0 Å². The van der Waals surface area contributed by atoms with Gasteiger partial charge in [-0.05, 0) is 45.4 Å². The molecule has 25 heavy (non-hydrogen) atoms. The average Bonchev–Trinajstić information content (AvgIpc) is 3.05. The minimum absolute atomic E-state index is 0.265. The van der Waals surface area contributed by atoms with E-state index in [4.69, 9.17) is 4.98 Å². The molecule has 2 unspecified atom stereocenters. The molecule has 0 bridgehead atoms. The highest BCUT2D eigenvalue weighted by molar-refractivity contribution is 5.96. The van der Waals surface area contributed by atoms with E-state index in [9.17, 15) is 9.59 Å². The van der Waals surface area contributed by atoms with Crippen LogP contribution in [0.2, 0.25) is 0 Å². The molecular formula is C18H25N5O2. The predicted molar refractivity (Wildman–Crippen MR) is 96.3 cm³/mol. The number of nitrogens with zero attached hydrogens (tertiary/aromatic N) is 2. The maximum atomic E-state index is 12.3. The molecule has 7 nitrogen and oxygen atoms in total. The molecule has 1 aliphatic rings. The van der Waals surface area contributed by atoms with Crippen LogP contribution in [0.3, 0.4) is 0 Å². The fraction of sp³-hybridized carbons (Fsp3) is 0.500. The van der Waals surface area contributed by atoms with Crippen molar-refractivity contribution in [1.82, 2.24) is 25.5 Å². The number of piperidine rings is 1. The third-order valence-electron chi connectivity index (χ3n) is 4.75. The van der Waals surface area contributed by atoms with Crippen molar-refractivity contribution in [3.8, 4) is 0 Å². The fourth-order valence-corrected chi connectivity index (χ4v) is 3.33. The van der Waals surface area contributed by atoms with E-state index < -0.39 is 6.03 Å². The first-order valence-electron chi connectivity index (χ1n) is 8.86. The smallest absolute Gasteiger partial charge is 0.321 e. The summed E-state index contributed by atoms with van der Waals surface area (Å²) in [6.07, 6.45) is 2.04. The Balaban J connectivity index is 1.66. The van der Waals surface area contributed by atoms with Gasteiger partial charge in [0, 0.05) is 19.0 Å². The van der Waals surface area contributed by atoms with Gasteiger partial charge in [-0.1, -0.05) is 12.1 Å². The Labute approximate surface area is 147 Å². The number of rotatable bonds is 4. The van der Waals surface area contributed by atoms with Crippen LogP contribution in [0.4, 0.5) is 4.79 Å². The Bertz CT molecular complexity index is 724. The molecule has 3 rings (SSSR count). The van der Waals surface area contributed by atoms with Gasteiger partial charge in [-0.2, -0.15) is 0 Å². The van der Waals surface area contributed by atoms with Crippen LogP contribution in [0.1, 0.15) is 38.4 Å². The van der Waals surface area contributed by atoms with Crippen molar-refractivity contribution < 1.29 is 9.59 Å². The van der Waals surface area contributed by atoms with Crippen LogP contribution < -0.4 is 10.6 Å². The van der Waals surface area contributed by atoms with Gasteiger partial charge in [-0.15, -0.1) is 0 Å². The molecule has 2 atom stereocenters. The van der Waals surface area contributed by atoms with Gasteiger partial charge in [0.15, 0.2) is 0 Å². The van der Waals surface area contributed by atoms with E-state index in [1.807, 2.05) is 38.1 Å². The van der Waals surface area contributed by atoms with E-state index in [1.54, 1.807) is 0 Å². The van der Waals surface area contributed by atoms with Gasteiger partial charge in [-0.25, -0.2) is 9.78 Å². The lowest BCUT2D eigenvalue weighted by atomic mass is 9.96. The molecule has 3 N–H and O–H groups in total. The molecule has 0 radical (unpaired) electrons. The lowest BCUT2D eigenvalue weighted by Gasteiger charge is -2.35. The number of benzene rings is 1. The summed E-state index contributed by atoms with van der Waals surface area (Å²) in [5, 5.41) is 4.98. The normalized spacial score (nSPS) is 19.5. The van der Waals surface area contributed by atoms with Gasteiger partial charge in [-0.3, -0.25) is 15.0 Å². The highest BCUT2D eigenvalue weighted by Crippen LogP contribution is 2.27. The summed E-state index contributed by atoms with van der Waals surface area (Å²) in [7, 11) is 0. The molecule has 3 amide bonds. The van der Waals surface area contributed by atoms with E-state index in [-0.39, 0.29) is 17.9 Å². The van der Waals surface area contributed by atoms with Crippen molar-refractivity contribution in [2.45, 2.75) is 38.6 Å². The topological polar surface area (TPSA) is 90.1 Å². The largest absolute Gasteiger partial charge is 0.342 e. The van der Waals surface area contributed by atoms with E-state index in [2.05, 4.69) is 20.5 Å². The van der Waals surface area contributed by atoms with Crippen molar-refractivity contribution in [3.63, 3.8) is 0 Å². The molecule has 1 aromatic heterocycles. The summed E-state index contributed by atoms with van der Waals surface area (Å²) in [4.78, 5) is 34.0. The molecule has 1 saturated heterocycles. The van der Waals surface area contributed by atoms with E-state index in [1.165, 1.54) is 0 Å². The second-order valence-corrected chi connectivity index (χ2v) is 6.50. The lowest BCUT2D eigenvalue weighted by Crippen LogP contribution is -2.51. The van der Waals surface area contributed by atoms with Gasteiger partial charge in [0.1, 0.15) is 5.82 Å². The van der Waals surface area contributed by atoms with Gasteiger partial charge >= 0.3 is 6.03 Å². The standard InChI is InChI=1S/C18H25N5O2/c1-3-19-18(25)22-17(24)12(2)23-10-6-7-13(11-23)16-20-14-8-4-5-9-15(14)21-16/h4-5,8-9,12-13H,3,6-7,10-11H2,1-2H3,(H,20,21)(H2,19,22,24,25). The third kappa shape index (κ3) is 3.99. The first-order chi connectivity index (χ1) is 12.1. The molecule has 0 saturated carbocycles. The predicted octanol–water partition coefficient (Wildman–Crippen LogP) is 1.98. The molecule has 2 heterocycles. The lowest BCUT2D eigenvalue weighted by molar-refractivity contribution is -0.125. The van der Waals surface area contributed by atoms with Crippen LogP contribution >= 0.6 is 0 Å². The molecule has 2 aromatic rings. The Hall–Kier alpha value is -2.41. The zero-order valence-electron chi connectivity index (χ0n) is 14.7. The van der Waals surface area contributed by atoms with Crippen molar-refractivity contribution in [1.29, 1.82) is 0 Å². The highest BCUT2D eigenvalue weighted by atomic mass is 16.2. The van der Waals surface area contributed by atoms with Crippen LogP contribution in [0.25, 0.3) is 11.0 Å². The molecule has 0 spiro atoms. The van der Waals surface area contributed by atoms with Gasteiger partial charge in [0.05, 0.1) is 17.1 Å². The number of amides is 3. The molecule has 0 aliphatic carbocycles. The number of aromatic nitrogens is 2. The Morgan fingerprint density at radius 3 is 2.96 bits per heavy atom. The van der Waals surface area contributed by atoms with E-state index >= 15 is 0 Å². The second kappa shape index (κ2) is 7.65. The number of H-pyrrole nitrogens is 1. The first kappa shape index (κ1) is 17.4. The van der Waals surface area contributed by atoms with Gasteiger partial charge in [0.25, 0.3) is 0 Å².